The second-order valence-corrected chi connectivity index (χ2v) is 5.19. The summed E-state index contributed by atoms with van der Waals surface area (Å²) in [7, 11) is 0. The van der Waals surface area contributed by atoms with Crippen molar-refractivity contribution in [3.8, 4) is 11.3 Å². The normalized spacial score (nSPS) is 11.7. The van der Waals surface area contributed by atoms with Crippen LogP contribution in [0, 0.1) is 5.82 Å². The molecule has 5 nitrogen and oxygen atoms in total. The molecule has 130 valence electrons. The third-order valence-corrected chi connectivity index (χ3v) is 3.50. The smallest absolute Gasteiger partial charge is 0.370 e. The summed E-state index contributed by atoms with van der Waals surface area (Å²) in [6.07, 6.45) is -4.71. The number of alkyl halides is 3. The molecule has 3 rings (SSSR count). The standard InChI is InChI=1S/C16H13F4N5/c1-2-22-13-8-6-7-11(23-14(8)25-15(21)24-13)12-9(16(18,19)20)4-3-5-10(12)17/h3-7H,2H2,1H3,(H3,21,22,23,24,25). The molecule has 0 atom stereocenters. The van der Waals surface area contributed by atoms with E-state index in [1.807, 2.05) is 6.92 Å². The first-order valence-corrected chi connectivity index (χ1v) is 7.35. The summed E-state index contributed by atoms with van der Waals surface area (Å²) in [4.78, 5) is 12.0. The van der Waals surface area contributed by atoms with Crippen LogP contribution in [0.4, 0.5) is 29.3 Å². The average molecular weight is 351 g/mol. The highest BCUT2D eigenvalue weighted by atomic mass is 19.4. The van der Waals surface area contributed by atoms with Crippen molar-refractivity contribution in [2.24, 2.45) is 0 Å². The Morgan fingerprint density at radius 3 is 2.52 bits per heavy atom. The van der Waals surface area contributed by atoms with E-state index >= 15 is 0 Å². The molecule has 9 heteroatoms. The second kappa shape index (κ2) is 6.15. The molecule has 3 N–H and O–H groups in total. The molecule has 0 spiro atoms. The Morgan fingerprint density at radius 2 is 1.84 bits per heavy atom. The Morgan fingerprint density at radius 1 is 1.08 bits per heavy atom. The molecule has 1 aromatic carbocycles. The van der Waals surface area contributed by atoms with Crippen LogP contribution in [0.3, 0.4) is 0 Å². The van der Waals surface area contributed by atoms with Gasteiger partial charge in [-0.3, -0.25) is 0 Å². The Bertz CT molecular complexity index is 940. The molecule has 2 aromatic heterocycles. The number of hydrogen-bond acceptors (Lipinski definition) is 5. The zero-order chi connectivity index (χ0) is 18.2. The molecule has 0 amide bonds. The fraction of sp³-hybridized carbons (Fsp3) is 0.188. The van der Waals surface area contributed by atoms with E-state index in [0.717, 1.165) is 18.2 Å². The highest BCUT2D eigenvalue weighted by Gasteiger charge is 2.35. The van der Waals surface area contributed by atoms with Gasteiger partial charge in [-0.2, -0.15) is 23.1 Å². The lowest BCUT2D eigenvalue weighted by Gasteiger charge is -2.14. The molecule has 0 aliphatic carbocycles. The number of nitrogens with two attached hydrogens (primary N) is 1. The fourth-order valence-corrected chi connectivity index (χ4v) is 2.49. The Balaban J connectivity index is 2.25. The number of rotatable bonds is 3. The lowest BCUT2D eigenvalue weighted by Crippen LogP contribution is -2.09. The number of halogens is 4. The number of nitrogens with one attached hydrogen (secondary N) is 1. The topological polar surface area (TPSA) is 76.7 Å². The summed E-state index contributed by atoms with van der Waals surface area (Å²) >= 11 is 0. The van der Waals surface area contributed by atoms with Gasteiger partial charge in [0.25, 0.3) is 0 Å². The summed E-state index contributed by atoms with van der Waals surface area (Å²) in [6.45, 7) is 2.40. The van der Waals surface area contributed by atoms with Crippen molar-refractivity contribution in [1.82, 2.24) is 15.0 Å². The maximum atomic E-state index is 14.1. The number of nitrogens with zero attached hydrogens (tertiary/aromatic N) is 3. The van der Waals surface area contributed by atoms with Gasteiger partial charge >= 0.3 is 6.18 Å². The molecule has 0 saturated carbocycles. The summed E-state index contributed by atoms with van der Waals surface area (Å²) in [5.41, 5.74) is 3.79. The van der Waals surface area contributed by atoms with E-state index < -0.39 is 23.1 Å². The van der Waals surface area contributed by atoms with Crippen LogP contribution in [0.25, 0.3) is 22.3 Å². The van der Waals surface area contributed by atoms with E-state index in [2.05, 4.69) is 20.3 Å². The quantitative estimate of drug-likeness (QED) is 0.701. The van der Waals surface area contributed by atoms with Crippen molar-refractivity contribution in [2.75, 3.05) is 17.6 Å². The Labute approximate surface area is 139 Å². The van der Waals surface area contributed by atoms with Crippen LogP contribution >= 0.6 is 0 Å². The molecule has 0 aliphatic heterocycles. The third kappa shape index (κ3) is 3.17. The predicted octanol–water partition coefficient (Wildman–Crippen LogP) is 3.86. The minimum atomic E-state index is -4.71. The van der Waals surface area contributed by atoms with Gasteiger partial charge in [0, 0.05) is 12.1 Å². The van der Waals surface area contributed by atoms with Crippen molar-refractivity contribution in [3.05, 3.63) is 41.7 Å². The Kier molecular flexibility index (Phi) is 4.15. The SMILES string of the molecule is CCNc1nc(N)nc2nc(-c3c(F)cccc3C(F)(F)F)ccc12. The molecule has 2 heterocycles. The van der Waals surface area contributed by atoms with Crippen molar-refractivity contribution in [3.63, 3.8) is 0 Å². The summed E-state index contributed by atoms with van der Waals surface area (Å²) in [6, 6.07) is 5.56. The number of hydrogen-bond donors (Lipinski definition) is 2. The molecule has 25 heavy (non-hydrogen) atoms. The number of aromatic nitrogens is 3. The third-order valence-electron chi connectivity index (χ3n) is 3.50. The van der Waals surface area contributed by atoms with Gasteiger partial charge in [0.05, 0.1) is 16.6 Å². The highest BCUT2D eigenvalue weighted by molar-refractivity contribution is 5.89. The van der Waals surface area contributed by atoms with Gasteiger partial charge < -0.3 is 11.1 Å². The van der Waals surface area contributed by atoms with Gasteiger partial charge in [-0.1, -0.05) is 6.07 Å². The number of pyridine rings is 1. The summed E-state index contributed by atoms with van der Waals surface area (Å²) in [5.74, 6) is -0.693. The summed E-state index contributed by atoms with van der Waals surface area (Å²) < 4.78 is 53.8. The zero-order valence-electron chi connectivity index (χ0n) is 13.0. The van der Waals surface area contributed by atoms with Crippen LogP contribution < -0.4 is 11.1 Å². The number of anilines is 2. The first-order valence-electron chi connectivity index (χ1n) is 7.35. The molecule has 0 saturated heterocycles. The van der Waals surface area contributed by atoms with E-state index in [9.17, 15) is 17.6 Å². The minimum Gasteiger partial charge on any atom is -0.370 e. The van der Waals surface area contributed by atoms with Gasteiger partial charge in [0.2, 0.25) is 5.95 Å². The molecular formula is C16H13F4N5. The van der Waals surface area contributed by atoms with Crippen molar-refractivity contribution in [2.45, 2.75) is 13.1 Å². The van der Waals surface area contributed by atoms with Crippen molar-refractivity contribution >= 4 is 22.8 Å². The Hall–Kier alpha value is -2.97. The lowest BCUT2D eigenvalue weighted by molar-refractivity contribution is -0.137. The van der Waals surface area contributed by atoms with Gasteiger partial charge in [-0.25, -0.2) is 9.37 Å². The monoisotopic (exact) mass is 351 g/mol. The van der Waals surface area contributed by atoms with E-state index in [1.165, 1.54) is 12.1 Å². The molecular weight excluding hydrogens is 338 g/mol. The first kappa shape index (κ1) is 16.9. The van der Waals surface area contributed by atoms with Gasteiger partial charge in [-0.15, -0.1) is 0 Å². The van der Waals surface area contributed by atoms with E-state index in [-0.39, 0.29) is 17.3 Å². The van der Waals surface area contributed by atoms with Crippen LogP contribution in [0.5, 0.6) is 0 Å². The van der Waals surface area contributed by atoms with E-state index in [0.29, 0.717) is 17.7 Å². The van der Waals surface area contributed by atoms with Crippen LogP contribution in [0.1, 0.15) is 12.5 Å². The predicted molar refractivity (Wildman–Crippen MR) is 86.3 cm³/mol. The number of nitrogen functional groups attached to an aromatic ring is 1. The first-order chi connectivity index (χ1) is 11.8. The molecule has 0 bridgehead atoms. The summed E-state index contributed by atoms with van der Waals surface area (Å²) in [5, 5.41) is 3.45. The van der Waals surface area contributed by atoms with Crippen molar-refractivity contribution < 1.29 is 17.6 Å². The van der Waals surface area contributed by atoms with Gasteiger partial charge in [0.15, 0.2) is 5.65 Å². The second-order valence-electron chi connectivity index (χ2n) is 5.19. The molecule has 3 aromatic rings. The van der Waals surface area contributed by atoms with Crippen LogP contribution in [-0.2, 0) is 6.18 Å². The van der Waals surface area contributed by atoms with Crippen molar-refractivity contribution in [1.29, 1.82) is 0 Å². The minimum absolute atomic E-state index is 0.0809. The van der Waals surface area contributed by atoms with Gasteiger partial charge in [0.1, 0.15) is 11.6 Å². The molecule has 0 fully saturated rings. The maximum absolute atomic E-state index is 14.1. The molecule has 0 aliphatic rings. The number of fused-ring (bicyclic) bond motifs is 1. The maximum Gasteiger partial charge on any atom is 0.417 e. The van der Waals surface area contributed by atoms with E-state index in [1.54, 1.807) is 0 Å². The molecule has 0 radical (unpaired) electrons. The van der Waals surface area contributed by atoms with Crippen LogP contribution in [0.15, 0.2) is 30.3 Å². The highest BCUT2D eigenvalue weighted by Crippen LogP contribution is 2.38. The fourth-order valence-electron chi connectivity index (χ4n) is 2.49. The van der Waals surface area contributed by atoms with Crippen LogP contribution in [-0.4, -0.2) is 21.5 Å². The lowest BCUT2D eigenvalue weighted by atomic mass is 10.0. The number of benzene rings is 1. The largest absolute Gasteiger partial charge is 0.417 e. The zero-order valence-corrected chi connectivity index (χ0v) is 13.0. The molecule has 0 unspecified atom stereocenters. The van der Waals surface area contributed by atoms with Gasteiger partial charge in [-0.05, 0) is 31.2 Å². The van der Waals surface area contributed by atoms with Crippen LogP contribution in [0.2, 0.25) is 0 Å². The average Bonchev–Trinajstić information content (AvgIpc) is 2.53. The van der Waals surface area contributed by atoms with E-state index in [4.69, 9.17) is 5.73 Å².